The van der Waals surface area contributed by atoms with E-state index in [1.54, 1.807) is 0 Å². The van der Waals surface area contributed by atoms with E-state index in [9.17, 15) is 0 Å². The lowest BCUT2D eigenvalue weighted by atomic mass is 10.4. The van der Waals surface area contributed by atoms with Gasteiger partial charge in [0, 0.05) is 0 Å². The highest BCUT2D eigenvalue weighted by molar-refractivity contribution is 4.78. The summed E-state index contributed by atoms with van der Waals surface area (Å²) in [5.74, 6) is 0. The van der Waals surface area contributed by atoms with Gasteiger partial charge in [-0.2, -0.15) is 0 Å². The summed E-state index contributed by atoms with van der Waals surface area (Å²) in [4.78, 5) is 0. The van der Waals surface area contributed by atoms with Gasteiger partial charge < -0.3 is 9.84 Å². The topological polar surface area (TPSA) is 32.8 Å². The molecule has 1 fully saturated rings. The summed E-state index contributed by atoms with van der Waals surface area (Å²) in [6, 6.07) is 0. The summed E-state index contributed by atoms with van der Waals surface area (Å²) in [7, 11) is 0. The lowest BCUT2D eigenvalue weighted by molar-refractivity contribution is 0.242. The molecule has 0 aromatic rings. The number of hydrogen-bond acceptors (Lipinski definition) is 2. The fourth-order valence-corrected chi connectivity index (χ4v) is 0.422. The van der Waals surface area contributed by atoms with Crippen molar-refractivity contribution in [3.05, 3.63) is 0 Å². The minimum atomic E-state index is 0.157. The van der Waals surface area contributed by atoms with Crippen LogP contribution in [-0.4, -0.2) is 23.9 Å². The highest BCUT2D eigenvalue weighted by atomic mass is 16.6. The third-order valence-corrected chi connectivity index (χ3v) is 1.02. The molecule has 0 aromatic carbocycles. The van der Waals surface area contributed by atoms with E-state index < -0.39 is 0 Å². The molecule has 1 saturated heterocycles. The van der Waals surface area contributed by atoms with E-state index in [4.69, 9.17) is 9.84 Å². The molecule has 2 atom stereocenters. The molecule has 0 spiro atoms. The Balaban J connectivity index is 2.09. The monoisotopic (exact) mass is 88.1 g/mol. The van der Waals surface area contributed by atoms with Crippen molar-refractivity contribution in [2.45, 2.75) is 19.1 Å². The van der Waals surface area contributed by atoms with Crippen LogP contribution in [0.2, 0.25) is 0 Å². The van der Waals surface area contributed by atoms with Crippen LogP contribution in [0.15, 0.2) is 0 Å². The largest absolute Gasteiger partial charge is 0.394 e. The maximum absolute atomic E-state index is 8.25. The lowest BCUT2D eigenvalue weighted by Gasteiger charge is -1.73. The summed E-state index contributed by atoms with van der Waals surface area (Å²) in [5.41, 5.74) is 0. The molecule has 0 aromatic heterocycles. The molecular formula is C4H8O2. The molecule has 0 amide bonds. The fraction of sp³-hybridized carbons (Fsp3) is 1.00. The molecule has 0 saturated carbocycles. The number of epoxide rings is 1. The molecule has 0 aliphatic carbocycles. The van der Waals surface area contributed by atoms with Crippen molar-refractivity contribution in [1.82, 2.24) is 0 Å². The van der Waals surface area contributed by atoms with Crippen LogP contribution in [0.5, 0.6) is 0 Å². The minimum Gasteiger partial charge on any atom is -0.394 e. The van der Waals surface area contributed by atoms with Crippen molar-refractivity contribution in [2.24, 2.45) is 0 Å². The van der Waals surface area contributed by atoms with Gasteiger partial charge in [0.1, 0.15) is 6.10 Å². The first kappa shape index (κ1) is 4.09. The summed E-state index contributed by atoms with van der Waals surface area (Å²) in [6.07, 6.45) is 0.472. The van der Waals surface area contributed by atoms with Gasteiger partial charge in [0.05, 0.1) is 12.7 Å². The minimum absolute atomic E-state index is 0.157. The second-order valence-electron chi connectivity index (χ2n) is 1.56. The molecule has 1 heterocycles. The van der Waals surface area contributed by atoms with Crippen molar-refractivity contribution in [3.8, 4) is 0 Å². The van der Waals surface area contributed by atoms with E-state index in [2.05, 4.69) is 0 Å². The Labute approximate surface area is 36.7 Å². The third-order valence-electron chi connectivity index (χ3n) is 1.02. The van der Waals surface area contributed by atoms with Crippen LogP contribution >= 0.6 is 0 Å². The molecule has 2 heteroatoms. The zero-order valence-corrected chi connectivity index (χ0v) is 3.72. The SMILES string of the molecule is C[C@@H]1O[C@@H]1CO. The van der Waals surface area contributed by atoms with Crippen LogP contribution < -0.4 is 0 Å². The van der Waals surface area contributed by atoms with Crippen LogP contribution in [0.1, 0.15) is 6.92 Å². The van der Waals surface area contributed by atoms with E-state index in [0.717, 1.165) is 0 Å². The van der Waals surface area contributed by atoms with Crippen molar-refractivity contribution in [2.75, 3.05) is 6.61 Å². The zero-order valence-electron chi connectivity index (χ0n) is 3.72. The predicted molar refractivity (Wildman–Crippen MR) is 21.4 cm³/mol. The van der Waals surface area contributed by atoms with Gasteiger partial charge in [0.15, 0.2) is 0 Å². The van der Waals surface area contributed by atoms with E-state index in [-0.39, 0.29) is 12.7 Å². The Bertz CT molecular complexity index is 51.5. The van der Waals surface area contributed by atoms with E-state index in [0.29, 0.717) is 6.10 Å². The van der Waals surface area contributed by atoms with Gasteiger partial charge in [0.2, 0.25) is 0 Å². The van der Waals surface area contributed by atoms with E-state index in [1.165, 1.54) is 0 Å². The van der Waals surface area contributed by atoms with Gasteiger partial charge in [-0.15, -0.1) is 0 Å². The standard InChI is InChI=1S/C4H8O2/c1-3-4(2-5)6-3/h3-5H,2H2,1H3/t3-,4+/m0/s1. The smallest absolute Gasteiger partial charge is 0.107 e. The van der Waals surface area contributed by atoms with Crippen LogP contribution in [-0.2, 0) is 4.74 Å². The van der Waals surface area contributed by atoms with E-state index >= 15 is 0 Å². The Morgan fingerprint density at radius 3 is 2.33 bits per heavy atom. The van der Waals surface area contributed by atoms with Crippen LogP contribution in [0.4, 0.5) is 0 Å². The number of hydrogen-bond donors (Lipinski definition) is 1. The molecule has 0 radical (unpaired) electrons. The maximum Gasteiger partial charge on any atom is 0.107 e. The average molecular weight is 88.1 g/mol. The quantitative estimate of drug-likeness (QED) is 0.449. The Hall–Kier alpha value is -0.0800. The summed E-state index contributed by atoms with van der Waals surface area (Å²) in [5, 5.41) is 8.25. The zero-order chi connectivity index (χ0) is 4.57. The first-order valence-electron chi connectivity index (χ1n) is 2.11. The van der Waals surface area contributed by atoms with Gasteiger partial charge in [-0.25, -0.2) is 0 Å². The Morgan fingerprint density at radius 1 is 1.83 bits per heavy atom. The fourth-order valence-electron chi connectivity index (χ4n) is 0.422. The summed E-state index contributed by atoms with van der Waals surface area (Å²) < 4.78 is 4.82. The van der Waals surface area contributed by atoms with Crippen molar-refractivity contribution >= 4 is 0 Å². The molecule has 1 rings (SSSR count). The highest BCUT2D eigenvalue weighted by Gasteiger charge is 2.32. The number of aliphatic hydroxyl groups excluding tert-OH is 1. The van der Waals surface area contributed by atoms with Gasteiger partial charge in [-0.05, 0) is 6.92 Å². The van der Waals surface area contributed by atoms with Crippen molar-refractivity contribution < 1.29 is 9.84 Å². The van der Waals surface area contributed by atoms with Crippen LogP contribution in [0, 0.1) is 0 Å². The molecule has 1 aliphatic heterocycles. The first-order chi connectivity index (χ1) is 2.84. The normalized spacial score (nSPS) is 43.0. The molecule has 1 N–H and O–H groups in total. The van der Waals surface area contributed by atoms with Crippen LogP contribution in [0.25, 0.3) is 0 Å². The molecule has 0 unspecified atom stereocenters. The van der Waals surface area contributed by atoms with Gasteiger partial charge >= 0.3 is 0 Å². The molecule has 0 bridgehead atoms. The molecular weight excluding hydrogens is 80.0 g/mol. The van der Waals surface area contributed by atoms with Crippen molar-refractivity contribution in [3.63, 3.8) is 0 Å². The number of rotatable bonds is 1. The predicted octanol–water partition coefficient (Wildman–Crippen LogP) is -0.234. The Morgan fingerprint density at radius 2 is 2.33 bits per heavy atom. The van der Waals surface area contributed by atoms with E-state index in [1.807, 2.05) is 6.92 Å². The first-order valence-corrected chi connectivity index (χ1v) is 2.11. The van der Waals surface area contributed by atoms with Gasteiger partial charge in [0.25, 0.3) is 0 Å². The number of aliphatic hydroxyl groups is 1. The lowest BCUT2D eigenvalue weighted by Crippen LogP contribution is -1.93. The van der Waals surface area contributed by atoms with Gasteiger partial charge in [-0.1, -0.05) is 0 Å². The third kappa shape index (κ3) is 0.533. The summed E-state index contributed by atoms with van der Waals surface area (Å²) in [6.45, 7) is 2.13. The Kier molecular flexibility index (Phi) is 0.821. The maximum atomic E-state index is 8.25. The van der Waals surface area contributed by atoms with Crippen LogP contribution in [0.3, 0.4) is 0 Å². The van der Waals surface area contributed by atoms with Crippen molar-refractivity contribution in [1.29, 1.82) is 0 Å². The highest BCUT2D eigenvalue weighted by Crippen LogP contribution is 2.18. The molecule has 2 nitrogen and oxygen atoms in total. The van der Waals surface area contributed by atoms with Gasteiger partial charge in [-0.3, -0.25) is 0 Å². The average Bonchev–Trinajstić information content (AvgIpc) is 2.19. The second kappa shape index (κ2) is 1.21. The molecule has 1 aliphatic rings. The summed E-state index contributed by atoms with van der Waals surface area (Å²) >= 11 is 0. The number of ether oxygens (including phenoxy) is 1. The molecule has 36 valence electrons. The second-order valence-corrected chi connectivity index (χ2v) is 1.56. The molecule has 6 heavy (non-hydrogen) atoms.